The summed E-state index contributed by atoms with van der Waals surface area (Å²) in [5.41, 5.74) is 2.96. The highest BCUT2D eigenvalue weighted by molar-refractivity contribution is 7.99. The van der Waals surface area contributed by atoms with Gasteiger partial charge in [-0.2, -0.15) is 16.9 Å². The van der Waals surface area contributed by atoms with E-state index < -0.39 is 0 Å². The molecule has 1 aliphatic heterocycles. The fourth-order valence-electron chi connectivity index (χ4n) is 3.82. The van der Waals surface area contributed by atoms with Crippen LogP contribution in [-0.2, 0) is 19.4 Å². The summed E-state index contributed by atoms with van der Waals surface area (Å²) in [6, 6.07) is 0.339. The van der Waals surface area contributed by atoms with Crippen LogP contribution in [0.15, 0.2) is 0 Å². The van der Waals surface area contributed by atoms with E-state index in [1.807, 2.05) is 16.7 Å². The van der Waals surface area contributed by atoms with Crippen LogP contribution in [0.25, 0.3) is 0 Å². The quantitative estimate of drug-likeness (QED) is 0.740. The van der Waals surface area contributed by atoms with Gasteiger partial charge >= 0.3 is 0 Å². The van der Waals surface area contributed by atoms with Crippen LogP contribution in [0.4, 0.5) is 0 Å². The molecule has 6 nitrogen and oxygen atoms in total. The second kappa shape index (κ2) is 8.97. The minimum Gasteiger partial charge on any atom is -0.396 e. The van der Waals surface area contributed by atoms with Crippen LogP contribution in [-0.4, -0.2) is 69.5 Å². The fraction of sp³-hybridized carbons (Fsp3) is 0.800. The molecule has 1 aromatic heterocycles. The molecule has 1 amide bonds. The van der Waals surface area contributed by atoms with Gasteiger partial charge in [-0.05, 0) is 25.7 Å². The first-order chi connectivity index (χ1) is 12.9. The van der Waals surface area contributed by atoms with Gasteiger partial charge in [0.25, 0.3) is 5.91 Å². The molecule has 0 radical (unpaired) electrons. The molecule has 2 aliphatic rings. The number of hydrogen-bond acceptors (Lipinski definition) is 5. The molecule has 27 heavy (non-hydrogen) atoms. The van der Waals surface area contributed by atoms with Crippen LogP contribution >= 0.6 is 11.8 Å². The Morgan fingerprint density at radius 2 is 2.11 bits per heavy atom. The smallest absolute Gasteiger partial charge is 0.274 e. The third-order valence-corrected chi connectivity index (χ3v) is 6.52. The van der Waals surface area contributed by atoms with Crippen LogP contribution in [0.2, 0.25) is 0 Å². The molecule has 2 N–H and O–H groups in total. The van der Waals surface area contributed by atoms with Crippen molar-refractivity contribution in [1.82, 2.24) is 20.0 Å². The number of aliphatic hydroxyl groups excluding tert-OH is 1. The largest absolute Gasteiger partial charge is 0.396 e. The predicted molar refractivity (Wildman–Crippen MR) is 110 cm³/mol. The zero-order valence-corrected chi connectivity index (χ0v) is 17.8. The summed E-state index contributed by atoms with van der Waals surface area (Å²) in [6.07, 6.45) is 3.89. The molecule has 3 rings (SSSR count). The van der Waals surface area contributed by atoms with Gasteiger partial charge in [-0.3, -0.25) is 9.48 Å². The van der Waals surface area contributed by atoms with Crippen molar-refractivity contribution in [3.8, 4) is 0 Å². The van der Waals surface area contributed by atoms with E-state index in [1.54, 1.807) is 0 Å². The average molecular weight is 395 g/mol. The van der Waals surface area contributed by atoms with Crippen molar-refractivity contribution >= 4 is 17.7 Å². The van der Waals surface area contributed by atoms with Gasteiger partial charge in [0.2, 0.25) is 0 Å². The van der Waals surface area contributed by atoms with Gasteiger partial charge in [0, 0.05) is 67.0 Å². The van der Waals surface area contributed by atoms with Gasteiger partial charge in [-0.25, -0.2) is 0 Å². The van der Waals surface area contributed by atoms with E-state index in [9.17, 15) is 9.90 Å². The van der Waals surface area contributed by atoms with E-state index in [-0.39, 0.29) is 17.9 Å². The third kappa shape index (κ3) is 4.87. The highest BCUT2D eigenvalue weighted by Gasteiger charge is 2.32. The Kier molecular flexibility index (Phi) is 6.87. The molecular weight excluding hydrogens is 360 g/mol. The lowest BCUT2D eigenvalue weighted by atomic mass is 9.89. The second-order valence-corrected chi connectivity index (χ2v) is 9.77. The van der Waals surface area contributed by atoms with Gasteiger partial charge < -0.3 is 15.3 Å². The van der Waals surface area contributed by atoms with E-state index >= 15 is 0 Å². The lowest BCUT2D eigenvalue weighted by Crippen LogP contribution is -2.42. The van der Waals surface area contributed by atoms with Crippen molar-refractivity contribution in [2.24, 2.45) is 5.41 Å². The molecule has 0 bridgehead atoms. The number of thioether (sulfide) groups is 1. The number of nitrogens with one attached hydrogen (secondary N) is 1. The number of aromatic nitrogens is 2. The Labute approximate surface area is 167 Å². The summed E-state index contributed by atoms with van der Waals surface area (Å²) in [5, 5.41) is 17.9. The first-order valence-electron chi connectivity index (χ1n) is 10.2. The lowest BCUT2D eigenvalue weighted by molar-refractivity contribution is 0.0764. The van der Waals surface area contributed by atoms with E-state index in [0.717, 1.165) is 68.9 Å². The van der Waals surface area contributed by atoms with Crippen molar-refractivity contribution in [3.63, 3.8) is 0 Å². The normalized spacial score (nSPS) is 20.6. The molecule has 0 spiro atoms. The number of aryl methyl sites for hydroxylation is 1. The summed E-state index contributed by atoms with van der Waals surface area (Å²) in [6.45, 7) is 9.76. The molecule has 1 saturated heterocycles. The fourth-order valence-corrected chi connectivity index (χ4v) is 4.73. The number of amides is 1. The van der Waals surface area contributed by atoms with E-state index in [0.29, 0.717) is 11.7 Å². The monoisotopic (exact) mass is 394 g/mol. The van der Waals surface area contributed by atoms with Gasteiger partial charge in [0.05, 0.1) is 0 Å². The summed E-state index contributed by atoms with van der Waals surface area (Å²) >= 11 is 1.91. The van der Waals surface area contributed by atoms with E-state index in [2.05, 4.69) is 30.8 Å². The topological polar surface area (TPSA) is 70.4 Å². The molecule has 1 aliphatic carbocycles. The molecule has 1 unspecified atom stereocenters. The first kappa shape index (κ1) is 20.7. The number of fused-ring (bicyclic) bond motifs is 1. The molecule has 1 fully saturated rings. The Morgan fingerprint density at radius 3 is 2.78 bits per heavy atom. The SMILES string of the molecule is CCCn1nc(C(=O)N2CCSCC2)c2c1CCC(NCC(C)(C)CO)C2. The number of hydrogen-bond donors (Lipinski definition) is 2. The zero-order valence-electron chi connectivity index (χ0n) is 17.0. The minimum atomic E-state index is -0.128. The zero-order chi connectivity index (χ0) is 19.4. The average Bonchev–Trinajstić information content (AvgIpc) is 3.05. The molecular formula is C20H34N4O2S. The predicted octanol–water partition coefficient (Wildman–Crippen LogP) is 1.95. The third-order valence-electron chi connectivity index (χ3n) is 5.58. The highest BCUT2D eigenvalue weighted by Crippen LogP contribution is 2.27. The molecule has 152 valence electrons. The molecule has 7 heteroatoms. The van der Waals surface area contributed by atoms with Gasteiger partial charge in [0.15, 0.2) is 5.69 Å². The van der Waals surface area contributed by atoms with Crippen LogP contribution in [0.5, 0.6) is 0 Å². The van der Waals surface area contributed by atoms with Crippen molar-refractivity contribution in [2.75, 3.05) is 37.7 Å². The first-order valence-corrected chi connectivity index (χ1v) is 11.4. The highest BCUT2D eigenvalue weighted by atomic mass is 32.2. The van der Waals surface area contributed by atoms with Crippen molar-refractivity contribution < 1.29 is 9.90 Å². The Hall–Kier alpha value is -1.05. The van der Waals surface area contributed by atoms with Crippen LogP contribution in [0.3, 0.4) is 0 Å². The minimum absolute atomic E-state index is 0.109. The standard InChI is InChI=1S/C20H34N4O2S/c1-4-7-24-17-6-5-15(21-13-20(2,3)14-25)12-16(17)18(22-24)19(26)23-8-10-27-11-9-23/h15,21,25H,4-14H2,1-3H3. The molecule has 2 heterocycles. The summed E-state index contributed by atoms with van der Waals surface area (Å²) in [4.78, 5) is 15.1. The number of carbonyl (C=O) groups excluding carboxylic acids is 1. The lowest BCUT2D eigenvalue weighted by Gasteiger charge is -2.30. The second-order valence-electron chi connectivity index (χ2n) is 8.54. The summed E-state index contributed by atoms with van der Waals surface area (Å²) < 4.78 is 2.08. The number of aliphatic hydroxyl groups is 1. The van der Waals surface area contributed by atoms with Crippen LogP contribution < -0.4 is 5.32 Å². The number of carbonyl (C=O) groups is 1. The van der Waals surface area contributed by atoms with Gasteiger partial charge in [0.1, 0.15) is 0 Å². The van der Waals surface area contributed by atoms with Crippen LogP contribution in [0, 0.1) is 5.41 Å². The Morgan fingerprint density at radius 1 is 1.37 bits per heavy atom. The van der Waals surface area contributed by atoms with E-state index in [1.165, 1.54) is 5.69 Å². The Bertz CT molecular complexity index is 653. The maximum atomic E-state index is 13.1. The maximum Gasteiger partial charge on any atom is 0.274 e. The maximum absolute atomic E-state index is 13.1. The molecule has 1 aromatic rings. The molecule has 0 saturated carbocycles. The van der Waals surface area contributed by atoms with Crippen LogP contribution in [0.1, 0.15) is 55.4 Å². The van der Waals surface area contributed by atoms with Crippen molar-refractivity contribution in [2.45, 2.75) is 59.0 Å². The molecule has 0 aromatic carbocycles. The number of nitrogens with zero attached hydrogens (tertiary/aromatic N) is 3. The van der Waals surface area contributed by atoms with Crippen molar-refractivity contribution in [1.29, 1.82) is 0 Å². The van der Waals surface area contributed by atoms with Gasteiger partial charge in [-0.15, -0.1) is 0 Å². The van der Waals surface area contributed by atoms with E-state index in [4.69, 9.17) is 5.10 Å². The van der Waals surface area contributed by atoms with Gasteiger partial charge in [-0.1, -0.05) is 20.8 Å². The Balaban J connectivity index is 1.78. The summed E-state index contributed by atoms with van der Waals surface area (Å²) in [7, 11) is 0. The van der Waals surface area contributed by atoms with Crippen molar-refractivity contribution in [3.05, 3.63) is 17.0 Å². The summed E-state index contributed by atoms with van der Waals surface area (Å²) in [5.74, 6) is 2.14. The molecule has 1 atom stereocenters. The number of rotatable bonds is 7.